The summed E-state index contributed by atoms with van der Waals surface area (Å²) in [7, 11) is -1.72. The van der Waals surface area contributed by atoms with E-state index in [2.05, 4.69) is 10.0 Å². The molecule has 0 amide bonds. The van der Waals surface area contributed by atoms with Crippen molar-refractivity contribution in [2.45, 2.75) is 19.4 Å². The summed E-state index contributed by atoms with van der Waals surface area (Å²) in [4.78, 5) is 0. The van der Waals surface area contributed by atoms with E-state index in [-0.39, 0.29) is 5.75 Å². The second-order valence-electron chi connectivity index (χ2n) is 4.64. The fourth-order valence-electron chi connectivity index (χ4n) is 2.24. The molecule has 0 spiro atoms. The number of rotatable bonds is 6. The Labute approximate surface area is 114 Å². The molecule has 0 radical (unpaired) electrons. The molecule has 1 aliphatic heterocycles. The predicted octanol–water partition coefficient (Wildman–Crippen LogP) is 1.11. The van der Waals surface area contributed by atoms with Crippen LogP contribution in [0.5, 0.6) is 0 Å². The maximum absolute atomic E-state index is 12.0. The van der Waals surface area contributed by atoms with Gasteiger partial charge in [-0.05, 0) is 36.6 Å². The summed E-state index contributed by atoms with van der Waals surface area (Å²) in [6.45, 7) is 2.14. The van der Waals surface area contributed by atoms with Crippen molar-refractivity contribution in [3.05, 3.63) is 29.3 Å². The maximum Gasteiger partial charge on any atom is 0.232 e. The van der Waals surface area contributed by atoms with Gasteiger partial charge in [-0.25, -0.2) is 8.42 Å². The molecule has 0 unspecified atom stereocenters. The number of hydrogen-bond acceptors (Lipinski definition) is 4. The van der Waals surface area contributed by atoms with Gasteiger partial charge in [-0.1, -0.05) is 12.1 Å². The summed E-state index contributed by atoms with van der Waals surface area (Å²) in [5.74, 6) is 0.0861. The lowest BCUT2D eigenvalue weighted by atomic mass is 9.99. The molecular formula is C13H20N2O3S. The molecule has 106 valence electrons. The highest BCUT2D eigenvalue weighted by Gasteiger charge is 2.16. The van der Waals surface area contributed by atoms with Gasteiger partial charge in [0.2, 0.25) is 10.0 Å². The van der Waals surface area contributed by atoms with Crippen molar-refractivity contribution >= 4 is 15.7 Å². The molecule has 1 heterocycles. The van der Waals surface area contributed by atoms with E-state index >= 15 is 0 Å². The van der Waals surface area contributed by atoms with E-state index in [0.717, 1.165) is 30.8 Å². The zero-order valence-electron chi connectivity index (χ0n) is 11.1. The van der Waals surface area contributed by atoms with Crippen LogP contribution in [0, 0.1) is 0 Å². The van der Waals surface area contributed by atoms with Crippen molar-refractivity contribution in [3.8, 4) is 0 Å². The smallest absolute Gasteiger partial charge is 0.232 e. The van der Waals surface area contributed by atoms with E-state index < -0.39 is 10.0 Å². The average Bonchev–Trinajstić information content (AvgIpc) is 2.39. The first-order valence-electron chi connectivity index (χ1n) is 6.43. The van der Waals surface area contributed by atoms with Gasteiger partial charge in [-0.3, -0.25) is 4.72 Å². The van der Waals surface area contributed by atoms with Gasteiger partial charge >= 0.3 is 0 Å². The number of benzene rings is 1. The summed E-state index contributed by atoms with van der Waals surface area (Å²) in [6, 6.07) is 5.75. The van der Waals surface area contributed by atoms with Crippen LogP contribution in [0.2, 0.25) is 0 Å². The third-order valence-corrected chi connectivity index (χ3v) is 4.52. The van der Waals surface area contributed by atoms with Gasteiger partial charge in [0, 0.05) is 20.3 Å². The fraction of sp³-hybridized carbons (Fsp3) is 0.538. The summed E-state index contributed by atoms with van der Waals surface area (Å²) < 4.78 is 31.5. The lowest BCUT2D eigenvalue weighted by molar-refractivity contribution is 0.199. The van der Waals surface area contributed by atoms with Crippen LogP contribution < -0.4 is 10.0 Å². The first-order valence-corrected chi connectivity index (χ1v) is 8.08. The lowest BCUT2D eigenvalue weighted by Gasteiger charge is -2.21. The Morgan fingerprint density at radius 3 is 3.05 bits per heavy atom. The minimum atomic E-state index is -3.29. The third kappa shape index (κ3) is 3.92. The summed E-state index contributed by atoms with van der Waals surface area (Å²) in [5.41, 5.74) is 3.00. The molecule has 0 saturated carbocycles. The average molecular weight is 284 g/mol. The highest BCUT2D eigenvalue weighted by Crippen LogP contribution is 2.24. The largest absolute Gasteiger partial charge is 0.385 e. The Kier molecular flexibility index (Phi) is 4.79. The zero-order valence-corrected chi connectivity index (χ0v) is 11.9. The number of ether oxygens (including phenoxy) is 1. The van der Waals surface area contributed by atoms with Crippen LogP contribution in [0.15, 0.2) is 18.2 Å². The Hall–Kier alpha value is -1.11. The topological polar surface area (TPSA) is 67.4 Å². The number of methoxy groups -OCH3 is 1. The Morgan fingerprint density at radius 1 is 1.42 bits per heavy atom. The normalized spacial score (nSPS) is 15.0. The van der Waals surface area contributed by atoms with Crippen molar-refractivity contribution in [1.29, 1.82) is 0 Å². The zero-order chi connectivity index (χ0) is 13.7. The van der Waals surface area contributed by atoms with Crippen LogP contribution in [-0.4, -0.2) is 34.4 Å². The van der Waals surface area contributed by atoms with Crippen molar-refractivity contribution < 1.29 is 13.2 Å². The molecule has 0 atom stereocenters. The van der Waals surface area contributed by atoms with Gasteiger partial charge in [0.1, 0.15) is 0 Å². The minimum Gasteiger partial charge on any atom is -0.385 e. The van der Waals surface area contributed by atoms with Gasteiger partial charge in [0.15, 0.2) is 0 Å². The molecule has 0 aliphatic carbocycles. The molecule has 0 saturated heterocycles. The van der Waals surface area contributed by atoms with Crippen LogP contribution in [-0.2, 0) is 27.7 Å². The Bertz CT molecular complexity index is 529. The van der Waals surface area contributed by atoms with E-state index in [1.54, 1.807) is 7.11 Å². The second kappa shape index (κ2) is 6.36. The van der Waals surface area contributed by atoms with Crippen molar-refractivity contribution in [1.82, 2.24) is 5.32 Å². The highest BCUT2D eigenvalue weighted by atomic mass is 32.2. The first-order chi connectivity index (χ1) is 9.12. The molecule has 2 rings (SSSR count). The molecule has 0 aromatic heterocycles. The van der Waals surface area contributed by atoms with Crippen LogP contribution in [0.25, 0.3) is 0 Å². The summed E-state index contributed by atoms with van der Waals surface area (Å²) in [5, 5.41) is 3.28. The highest BCUT2D eigenvalue weighted by molar-refractivity contribution is 7.92. The van der Waals surface area contributed by atoms with Crippen molar-refractivity contribution in [3.63, 3.8) is 0 Å². The fourth-order valence-corrected chi connectivity index (χ4v) is 3.37. The Balaban J connectivity index is 2.10. The molecular weight excluding hydrogens is 264 g/mol. The van der Waals surface area contributed by atoms with Crippen LogP contribution in [0.1, 0.15) is 17.5 Å². The molecule has 0 fully saturated rings. The van der Waals surface area contributed by atoms with Gasteiger partial charge < -0.3 is 10.1 Å². The lowest BCUT2D eigenvalue weighted by Crippen LogP contribution is -2.26. The van der Waals surface area contributed by atoms with E-state index in [1.165, 1.54) is 5.56 Å². The first kappa shape index (κ1) is 14.3. The van der Waals surface area contributed by atoms with Gasteiger partial charge in [-0.15, -0.1) is 0 Å². The molecule has 5 nitrogen and oxygen atoms in total. The van der Waals surface area contributed by atoms with Crippen molar-refractivity contribution in [2.75, 3.05) is 30.7 Å². The minimum absolute atomic E-state index is 0.0861. The third-order valence-electron chi connectivity index (χ3n) is 3.17. The molecule has 19 heavy (non-hydrogen) atoms. The van der Waals surface area contributed by atoms with Gasteiger partial charge in [0.05, 0.1) is 11.4 Å². The maximum atomic E-state index is 12.0. The Morgan fingerprint density at radius 2 is 2.26 bits per heavy atom. The molecule has 2 N–H and O–H groups in total. The number of sulfonamides is 1. The van der Waals surface area contributed by atoms with Crippen LogP contribution in [0.3, 0.4) is 0 Å². The molecule has 6 heteroatoms. The SMILES string of the molecule is COCCCS(=O)(=O)Nc1cccc2c1CCNC2. The van der Waals surface area contributed by atoms with Gasteiger partial charge in [-0.2, -0.15) is 0 Å². The monoisotopic (exact) mass is 284 g/mol. The van der Waals surface area contributed by atoms with E-state index in [1.807, 2.05) is 18.2 Å². The quantitative estimate of drug-likeness (QED) is 0.768. The molecule has 1 aromatic carbocycles. The second-order valence-corrected chi connectivity index (χ2v) is 6.48. The van der Waals surface area contributed by atoms with Crippen LogP contribution >= 0.6 is 0 Å². The number of hydrogen-bond donors (Lipinski definition) is 2. The molecule has 0 bridgehead atoms. The molecule has 1 aliphatic rings. The standard InChI is InChI=1S/C13H20N2O3S/c1-18-8-3-9-19(16,17)15-13-5-2-4-11-10-14-7-6-12(11)13/h2,4-5,14-15H,3,6-10H2,1H3. The summed E-state index contributed by atoms with van der Waals surface area (Å²) >= 11 is 0. The molecule has 1 aromatic rings. The van der Waals surface area contributed by atoms with E-state index in [4.69, 9.17) is 4.74 Å². The predicted molar refractivity (Wildman–Crippen MR) is 75.8 cm³/mol. The van der Waals surface area contributed by atoms with Crippen LogP contribution in [0.4, 0.5) is 5.69 Å². The summed E-state index contributed by atoms with van der Waals surface area (Å²) in [6.07, 6.45) is 1.36. The number of anilines is 1. The van der Waals surface area contributed by atoms with Crippen molar-refractivity contribution in [2.24, 2.45) is 0 Å². The van der Waals surface area contributed by atoms with E-state index in [0.29, 0.717) is 13.0 Å². The van der Waals surface area contributed by atoms with Gasteiger partial charge in [0.25, 0.3) is 0 Å². The van der Waals surface area contributed by atoms with E-state index in [9.17, 15) is 8.42 Å². The number of fused-ring (bicyclic) bond motifs is 1. The number of nitrogens with one attached hydrogen (secondary N) is 2.